The third kappa shape index (κ3) is 4.65. The summed E-state index contributed by atoms with van der Waals surface area (Å²) in [6, 6.07) is 8.78. The van der Waals surface area contributed by atoms with E-state index in [0.29, 0.717) is 16.5 Å². The van der Waals surface area contributed by atoms with Crippen molar-refractivity contribution in [1.82, 2.24) is 5.43 Å². The Kier molecular flexibility index (Phi) is 5.00. The highest BCUT2D eigenvalue weighted by Crippen LogP contribution is 2.21. The van der Waals surface area contributed by atoms with Crippen LogP contribution in [0.1, 0.15) is 17.1 Å². The summed E-state index contributed by atoms with van der Waals surface area (Å²) in [5.74, 6) is 1.61. The number of halogens is 1. The molecular weight excluding hydrogens is 292 g/mol. The van der Waals surface area contributed by atoms with Crippen molar-refractivity contribution >= 4 is 23.7 Å². The van der Waals surface area contributed by atoms with Crippen molar-refractivity contribution in [1.29, 1.82) is 0 Å². The molecule has 21 heavy (non-hydrogen) atoms. The minimum Gasteiger partial charge on any atom is -0.483 e. The molecule has 0 aliphatic heterocycles. The topological polar surface area (TPSA) is 63.8 Å². The second-order valence-electron chi connectivity index (χ2n) is 4.44. The van der Waals surface area contributed by atoms with Gasteiger partial charge in [0.05, 0.1) is 6.21 Å². The zero-order valence-corrected chi connectivity index (χ0v) is 12.5. The van der Waals surface area contributed by atoms with Gasteiger partial charge in [0, 0.05) is 5.02 Å². The maximum Gasteiger partial charge on any atom is 0.277 e. The van der Waals surface area contributed by atoms with Gasteiger partial charge in [-0.05, 0) is 49.7 Å². The summed E-state index contributed by atoms with van der Waals surface area (Å²) in [6.07, 6.45) is 1.43. The lowest BCUT2D eigenvalue weighted by Crippen LogP contribution is -2.24. The summed E-state index contributed by atoms with van der Waals surface area (Å²) in [4.78, 5) is 11.6. The first kappa shape index (κ1) is 15.1. The molecule has 0 saturated heterocycles. The number of nitrogens with zero attached hydrogens (tertiary/aromatic N) is 1. The Labute approximate surface area is 127 Å². The van der Waals surface area contributed by atoms with Crippen LogP contribution in [-0.4, -0.2) is 18.7 Å². The smallest absolute Gasteiger partial charge is 0.277 e. The van der Waals surface area contributed by atoms with Crippen molar-refractivity contribution in [3.05, 3.63) is 52.4 Å². The standard InChI is InChI=1S/C15H15ClN2O3/c1-10-7-12(16)4-6-14(10)20-9-15(19)18-17-8-13-5-3-11(2)21-13/h3-8H,9H2,1-2H3,(H,18,19)/b17-8+. The lowest BCUT2D eigenvalue weighted by atomic mass is 10.2. The van der Waals surface area contributed by atoms with Crippen LogP contribution in [-0.2, 0) is 4.79 Å². The average molecular weight is 307 g/mol. The third-order valence-electron chi connectivity index (χ3n) is 2.64. The van der Waals surface area contributed by atoms with E-state index in [1.54, 1.807) is 24.3 Å². The number of rotatable bonds is 5. The first-order valence-electron chi connectivity index (χ1n) is 6.32. The number of amides is 1. The number of nitrogens with one attached hydrogen (secondary N) is 1. The summed E-state index contributed by atoms with van der Waals surface area (Å²) in [6.45, 7) is 3.56. The zero-order chi connectivity index (χ0) is 15.2. The molecule has 0 aliphatic carbocycles. The molecule has 0 unspecified atom stereocenters. The van der Waals surface area contributed by atoms with Crippen LogP contribution >= 0.6 is 11.6 Å². The minimum absolute atomic E-state index is 0.128. The number of hydrazone groups is 1. The molecule has 0 aliphatic rings. The summed E-state index contributed by atoms with van der Waals surface area (Å²) < 4.78 is 10.7. The molecule has 0 spiro atoms. The number of aryl methyl sites for hydroxylation is 2. The summed E-state index contributed by atoms with van der Waals surface area (Å²) in [7, 11) is 0. The van der Waals surface area contributed by atoms with E-state index in [-0.39, 0.29) is 12.5 Å². The molecule has 1 heterocycles. The molecule has 0 bridgehead atoms. The number of carbonyl (C=O) groups is 1. The highest BCUT2D eigenvalue weighted by Gasteiger charge is 2.04. The van der Waals surface area contributed by atoms with Gasteiger partial charge >= 0.3 is 0 Å². The number of furan rings is 1. The fraction of sp³-hybridized carbons (Fsp3) is 0.200. The van der Waals surface area contributed by atoms with E-state index in [2.05, 4.69) is 10.5 Å². The van der Waals surface area contributed by atoms with Crippen molar-refractivity contribution in [3.63, 3.8) is 0 Å². The SMILES string of the molecule is Cc1ccc(/C=N/NC(=O)COc2ccc(Cl)cc2C)o1. The molecule has 0 fully saturated rings. The van der Waals surface area contributed by atoms with E-state index in [4.69, 9.17) is 20.8 Å². The van der Waals surface area contributed by atoms with Gasteiger partial charge < -0.3 is 9.15 Å². The molecule has 1 N–H and O–H groups in total. The number of benzene rings is 1. The van der Waals surface area contributed by atoms with Crippen LogP contribution in [0.4, 0.5) is 0 Å². The Bertz CT molecular complexity index is 665. The van der Waals surface area contributed by atoms with E-state index < -0.39 is 0 Å². The van der Waals surface area contributed by atoms with Crippen molar-refractivity contribution in [3.8, 4) is 5.75 Å². The zero-order valence-electron chi connectivity index (χ0n) is 11.7. The molecule has 0 saturated carbocycles. The number of carbonyl (C=O) groups excluding carboxylic acids is 1. The Morgan fingerprint density at radius 1 is 1.38 bits per heavy atom. The first-order valence-corrected chi connectivity index (χ1v) is 6.69. The number of ether oxygens (including phenoxy) is 1. The molecule has 0 atom stereocenters. The molecular formula is C15H15ClN2O3. The molecule has 110 valence electrons. The van der Waals surface area contributed by atoms with Crippen molar-refractivity contribution in [2.45, 2.75) is 13.8 Å². The van der Waals surface area contributed by atoms with E-state index in [9.17, 15) is 4.79 Å². The van der Waals surface area contributed by atoms with Crippen LogP contribution in [0, 0.1) is 13.8 Å². The monoisotopic (exact) mass is 306 g/mol. The van der Waals surface area contributed by atoms with Gasteiger partial charge in [0.2, 0.25) is 0 Å². The van der Waals surface area contributed by atoms with Gasteiger partial charge in [-0.15, -0.1) is 0 Å². The predicted molar refractivity (Wildman–Crippen MR) is 80.9 cm³/mol. The van der Waals surface area contributed by atoms with Gasteiger partial charge in [-0.3, -0.25) is 4.79 Å². The molecule has 2 rings (SSSR count). The maximum absolute atomic E-state index is 11.6. The van der Waals surface area contributed by atoms with Crippen molar-refractivity contribution < 1.29 is 13.9 Å². The van der Waals surface area contributed by atoms with Crippen LogP contribution in [0.25, 0.3) is 0 Å². The fourth-order valence-corrected chi connectivity index (χ4v) is 1.87. The van der Waals surface area contributed by atoms with Crippen LogP contribution < -0.4 is 10.2 Å². The van der Waals surface area contributed by atoms with Gasteiger partial charge in [-0.25, -0.2) is 5.43 Å². The van der Waals surface area contributed by atoms with Gasteiger partial charge in [-0.1, -0.05) is 11.6 Å². The fourth-order valence-electron chi connectivity index (χ4n) is 1.64. The molecule has 2 aromatic rings. The third-order valence-corrected chi connectivity index (χ3v) is 2.87. The van der Waals surface area contributed by atoms with Gasteiger partial charge in [0.15, 0.2) is 6.61 Å². The molecule has 1 aromatic heterocycles. The van der Waals surface area contributed by atoms with Gasteiger partial charge in [-0.2, -0.15) is 5.10 Å². The lowest BCUT2D eigenvalue weighted by molar-refractivity contribution is -0.123. The highest BCUT2D eigenvalue weighted by molar-refractivity contribution is 6.30. The Morgan fingerprint density at radius 2 is 2.19 bits per heavy atom. The van der Waals surface area contributed by atoms with Crippen molar-refractivity contribution in [2.24, 2.45) is 5.10 Å². The molecule has 6 heteroatoms. The van der Waals surface area contributed by atoms with Crippen LogP contribution in [0.5, 0.6) is 5.75 Å². The molecule has 5 nitrogen and oxygen atoms in total. The Morgan fingerprint density at radius 3 is 2.86 bits per heavy atom. The van der Waals surface area contributed by atoms with E-state index >= 15 is 0 Å². The number of hydrogen-bond acceptors (Lipinski definition) is 4. The summed E-state index contributed by atoms with van der Waals surface area (Å²) >= 11 is 5.85. The van der Waals surface area contributed by atoms with E-state index in [0.717, 1.165) is 11.3 Å². The van der Waals surface area contributed by atoms with Crippen molar-refractivity contribution in [2.75, 3.05) is 6.61 Å². The summed E-state index contributed by atoms with van der Waals surface area (Å²) in [5, 5.41) is 4.41. The molecule has 1 aromatic carbocycles. The van der Waals surface area contributed by atoms with Crippen LogP contribution in [0.2, 0.25) is 5.02 Å². The second-order valence-corrected chi connectivity index (χ2v) is 4.88. The maximum atomic E-state index is 11.6. The quantitative estimate of drug-likeness (QED) is 0.682. The van der Waals surface area contributed by atoms with Gasteiger partial charge in [0.1, 0.15) is 17.3 Å². The number of hydrogen-bond donors (Lipinski definition) is 1. The average Bonchev–Trinajstić information content (AvgIpc) is 2.83. The Balaban J connectivity index is 1.81. The van der Waals surface area contributed by atoms with Gasteiger partial charge in [0.25, 0.3) is 5.91 Å². The summed E-state index contributed by atoms with van der Waals surface area (Å²) in [5.41, 5.74) is 3.23. The lowest BCUT2D eigenvalue weighted by Gasteiger charge is -2.08. The van der Waals surface area contributed by atoms with E-state index in [1.165, 1.54) is 6.21 Å². The first-order chi connectivity index (χ1) is 10.0. The minimum atomic E-state index is -0.358. The highest BCUT2D eigenvalue weighted by atomic mass is 35.5. The largest absolute Gasteiger partial charge is 0.483 e. The predicted octanol–water partition coefficient (Wildman–Crippen LogP) is 3.08. The second kappa shape index (κ2) is 6.95. The molecule has 0 radical (unpaired) electrons. The van der Waals surface area contributed by atoms with Crippen LogP contribution in [0.3, 0.4) is 0 Å². The van der Waals surface area contributed by atoms with E-state index in [1.807, 2.05) is 19.9 Å². The van der Waals surface area contributed by atoms with Crippen LogP contribution in [0.15, 0.2) is 39.9 Å². The Hall–Kier alpha value is -2.27. The molecule has 1 amide bonds. The normalized spacial score (nSPS) is 10.8.